The zero-order valence-corrected chi connectivity index (χ0v) is 17.4. The molecule has 32 heavy (non-hydrogen) atoms. The zero-order chi connectivity index (χ0) is 23.9. The fourth-order valence-corrected chi connectivity index (χ4v) is 4.95. The Balaban J connectivity index is 2.13. The summed E-state index contributed by atoms with van der Waals surface area (Å²) in [6, 6.07) is 2.85. The number of fused-ring (bicyclic) bond motifs is 3. The molecule has 1 amide bonds. The number of nitrogens with two attached hydrogens (primary N) is 1. The summed E-state index contributed by atoms with van der Waals surface area (Å²) in [6.07, 6.45) is 1.23. The van der Waals surface area contributed by atoms with E-state index in [-0.39, 0.29) is 16.7 Å². The lowest BCUT2D eigenvalue weighted by Gasteiger charge is -2.48. The van der Waals surface area contributed by atoms with E-state index in [1.807, 2.05) is 0 Å². The van der Waals surface area contributed by atoms with Gasteiger partial charge in [0.1, 0.15) is 28.4 Å². The third kappa shape index (κ3) is 2.42. The van der Waals surface area contributed by atoms with Crippen LogP contribution in [0.15, 0.2) is 46.8 Å². The van der Waals surface area contributed by atoms with Gasteiger partial charge in [-0.1, -0.05) is 18.2 Å². The quantitative estimate of drug-likeness (QED) is 0.330. The standard InChI is InChI=1S/C22H22N2O8/c1-21(31)8-5-4-6-11(25)12(8)16(26)13-9(21)7-10-15(24(2)3)17(27)14(20(23)30)19(29)22(10,32)18(13)28/h4-7,10,15,25-26,29,31-32H,1-3H3,(H2,23,30). The highest BCUT2D eigenvalue weighted by Gasteiger charge is 2.63. The van der Waals surface area contributed by atoms with Crippen LogP contribution in [0.1, 0.15) is 18.1 Å². The first-order chi connectivity index (χ1) is 14.8. The maximum absolute atomic E-state index is 13.6. The molecule has 3 aliphatic carbocycles. The SMILES string of the molecule is CN(C)C1C(=O)C(C(N)=O)=C(O)C2(O)C(=O)C3=C(O)c4c(O)cccc4C(C)(O)C3=CC12. The van der Waals surface area contributed by atoms with Gasteiger partial charge in [-0.2, -0.15) is 0 Å². The Morgan fingerprint density at radius 1 is 1.12 bits per heavy atom. The maximum atomic E-state index is 13.6. The molecule has 0 heterocycles. The molecular weight excluding hydrogens is 420 g/mol. The van der Waals surface area contributed by atoms with E-state index < -0.39 is 69.0 Å². The Morgan fingerprint density at radius 3 is 2.31 bits per heavy atom. The number of hydrogen-bond acceptors (Lipinski definition) is 9. The van der Waals surface area contributed by atoms with Crippen LogP contribution in [0.2, 0.25) is 0 Å². The molecule has 4 rings (SSSR count). The van der Waals surface area contributed by atoms with Crippen molar-refractivity contribution in [3.63, 3.8) is 0 Å². The van der Waals surface area contributed by atoms with Gasteiger partial charge in [-0.05, 0) is 32.7 Å². The van der Waals surface area contributed by atoms with Crippen molar-refractivity contribution >= 4 is 23.2 Å². The van der Waals surface area contributed by atoms with Gasteiger partial charge in [0.2, 0.25) is 5.78 Å². The number of phenolic OH excluding ortho intramolecular Hbond substituents is 1. The average Bonchev–Trinajstić information content (AvgIpc) is 2.68. The predicted molar refractivity (Wildman–Crippen MR) is 110 cm³/mol. The number of aromatic hydroxyl groups is 1. The number of primary amides is 1. The summed E-state index contributed by atoms with van der Waals surface area (Å²) in [7, 11) is 2.95. The highest BCUT2D eigenvalue weighted by molar-refractivity contribution is 6.25. The van der Waals surface area contributed by atoms with Crippen molar-refractivity contribution in [1.82, 2.24) is 4.90 Å². The van der Waals surface area contributed by atoms with Crippen LogP contribution in [0.5, 0.6) is 5.75 Å². The fourth-order valence-electron chi connectivity index (χ4n) is 4.95. The Bertz CT molecular complexity index is 1210. The lowest BCUT2D eigenvalue weighted by molar-refractivity contribution is -0.146. The molecule has 4 unspecified atom stereocenters. The van der Waals surface area contributed by atoms with E-state index in [0.717, 1.165) is 0 Å². The second kappa shape index (κ2) is 6.52. The first kappa shape index (κ1) is 21.8. The molecule has 4 atom stereocenters. The number of amides is 1. The molecule has 10 heteroatoms. The molecule has 0 fully saturated rings. The number of carbonyl (C=O) groups excluding carboxylic acids is 3. The van der Waals surface area contributed by atoms with Crippen LogP contribution < -0.4 is 5.73 Å². The lowest BCUT2D eigenvalue weighted by atomic mass is 9.59. The number of nitrogens with zero attached hydrogens (tertiary/aromatic N) is 1. The van der Waals surface area contributed by atoms with E-state index in [0.29, 0.717) is 0 Å². The highest BCUT2D eigenvalue weighted by Crippen LogP contribution is 2.54. The predicted octanol–water partition coefficient (Wildman–Crippen LogP) is -0.451. The van der Waals surface area contributed by atoms with Crippen molar-refractivity contribution in [1.29, 1.82) is 0 Å². The van der Waals surface area contributed by atoms with E-state index in [1.54, 1.807) is 0 Å². The topological polar surface area (TPSA) is 182 Å². The summed E-state index contributed by atoms with van der Waals surface area (Å²) in [5.74, 6) is -7.26. The number of aliphatic hydroxyl groups is 4. The summed E-state index contributed by atoms with van der Waals surface area (Å²) in [6.45, 7) is 1.33. The van der Waals surface area contributed by atoms with Crippen molar-refractivity contribution in [3.8, 4) is 5.75 Å². The number of hydrogen-bond donors (Lipinski definition) is 6. The smallest absolute Gasteiger partial charge is 0.255 e. The third-order valence-electron chi connectivity index (χ3n) is 6.49. The number of phenols is 1. The van der Waals surface area contributed by atoms with Crippen molar-refractivity contribution in [3.05, 3.63) is 57.9 Å². The molecule has 3 aliphatic rings. The number of rotatable bonds is 2. The van der Waals surface area contributed by atoms with E-state index in [9.17, 15) is 39.9 Å². The Labute approximate surface area is 182 Å². The molecular formula is C22H22N2O8. The minimum absolute atomic E-state index is 0.101. The first-order valence-corrected chi connectivity index (χ1v) is 9.70. The molecule has 0 saturated carbocycles. The lowest BCUT2D eigenvalue weighted by Crippen LogP contribution is -2.64. The molecule has 0 aromatic heterocycles. The first-order valence-electron chi connectivity index (χ1n) is 9.70. The van der Waals surface area contributed by atoms with Crippen LogP contribution >= 0.6 is 0 Å². The van der Waals surface area contributed by atoms with E-state index in [1.165, 1.54) is 50.2 Å². The molecule has 0 aliphatic heterocycles. The third-order valence-corrected chi connectivity index (χ3v) is 6.49. The van der Waals surface area contributed by atoms with Crippen molar-refractivity contribution in [2.45, 2.75) is 24.2 Å². The molecule has 0 radical (unpaired) electrons. The molecule has 7 N–H and O–H groups in total. The minimum atomic E-state index is -2.82. The highest BCUT2D eigenvalue weighted by atomic mass is 16.3. The number of likely N-dealkylation sites (N-methyl/N-ethyl adjacent to an activating group) is 1. The summed E-state index contributed by atoms with van der Waals surface area (Å²) in [5, 5.41) is 54.7. The summed E-state index contributed by atoms with van der Waals surface area (Å²) in [5.41, 5.74) is -1.16. The number of ketones is 2. The number of Topliss-reactive ketones (excluding diaryl/α,β-unsaturated/α-hetero) is 2. The second-order valence-corrected chi connectivity index (χ2v) is 8.56. The van der Waals surface area contributed by atoms with Crippen molar-refractivity contribution in [2.24, 2.45) is 11.7 Å². The fraction of sp³-hybridized carbons (Fsp3) is 0.318. The van der Waals surface area contributed by atoms with Crippen molar-refractivity contribution in [2.75, 3.05) is 14.1 Å². The molecule has 1 aromatic rings. The largest absolute Gasteiger partial charge is 0.508 e. The Morgan fingerprint density at radius 2 is 1.75 bits per heavy atom. The van der Waals surface area contributed by atoms with Gasteiger partial charge in [-0.3, -0.25) is 19.3 Å². The minimum Gasteiger partial charge on any atom is -0.508 e. The Hall–Kier alpha value is -3.47. The van der Waals surface area contributed by atoms with Crippen LogP contribution in [-0.2, 0) is 20.0 Å². The van der Waals surface area contributed by atoms with E-state index >= 15 is 0 Å². The van der Waals surface area contributed by atoms with Gasteiger partial charge in [-0.15, -0.1) is 0 Å². The molecule has 10 nitrogen and oxygen atoms in total. The molecule has 0 spiro atoms. The van der Waals surface area contributed by atoms with E-state index in [2.05, 4.69) is 0 Å². The van der Waals surface area contributed by atoms with Gasteiger partial charge < -0.3 is 31.3 Å². The van der Waals surface area contributed by atoms with Gasteiger partial charge in [-0.25, -0.2) is 0 Å². The molecule has 168 valence electrons. The van der Waals surface area contributed by atoms with E-state index in [4.69, 9.17) is 5.73 Å². The molecule has 0 bridgehead atoms. The van der Waals surface area contributed by atoms with Gasteiger partial charge in [0.15, 0.2) is 11.4 Å². The summed E-state index contributed by atoms with van der Waals surface area (Å²) < 4.78 is 0. The second-order valence-electron chi connectivity index (χ2n) is 8.56. The van der Waals surface area contributed by atoms with Crippen LogP contribution in [0.3, 0.4) is 0 Å². The van der Waals surface area contributed by atoms with Crippen LogP contribution in [0.4, 0.5) is 0 Å². The van der Waals surface area contributed by atoms with Gasteiger partial charge >= 0.3 is 0 Å². The maximum Gasteiger partial charge on any atom is 0.255 e. The van der Waals surface area contributed by atoms with Crippen molar-refractivity contribution < 1.29 is 39.9 Å². The zero-order valence-electron chi connectivity index (χ0n) is 17.4. The van der Waals surface area contributed by atoms with Crippen LogP contribution in [0.25, 0.3) is 5.76 Å². The average molecular weight is 442 g/mol. The van der Waals surface area contributed by atoms with Gasteiger partial charge in [0.25, 0.3) is 5.91 Å². The molecule has 1 aromatic carbocycles. The number of aliphatic hydroxyl groups excluding tert-OH is 2. The van der Waals surface area contributed by atoms with Crippen LogP contribution in [-0.4, -0.2) is 73.6 Å². The summed E-state index contributed by atoms with van der Waals surface area (Å²) >= 11 is 0. The van der Waals surface area contributed by atoms with Crippen LogP contribution in [0, 0.1) is 5.92 Å². The normalized spacial score (nSPS) is 31.9. The van der Waals surface area contributed by atoms with Gasteiger partial charge in [0, 0.05) is 11.5 Å². The molecule has 0 saturated heterocycles. The summed E-state index contributed by atoms with van der Waals surface area (Å²) in [4.78, 5) is 39.9. The number of carbonyl (C=O) groups is 3. The van der Waals surface area contributed by atoms with Gasteiger partial charge in [0.05, 0.1) is 17.2 Å². The monoisotopic (exact) mass is 442 g/mol. The Kier molecular flexibility index (Phi) is 4.43. The number of benzene rings is 1.